The quantitative estimate of drug-likeness (QED) is 0.684. The van der Waals surface area contributed by atoms with Crippen molar-refractivity contribution in [3.8, 4) is 0 Å². The van der Waals surface area contributed by atoms with Gasteiger partial charge in [0.2, 0.25) is 0 Å². The van der Waals surface area contributed by atoms with Gasteiger partial charge in [0.15, 0.2) is 0 Å². The molecular weight excluding hydrogens is 277 g/mol. The molecular formula is C14H20NO4P. The van der Waals surface area contributed by atoms with Crippen LogP contribution in [0.3, 0.4) is 0 Å². The first-order valence-corrected chi connectivity index (χ1v) is 7.31. The van der Waals surface area contributed by atoms with Crippen LogP contribution in [0.25, 0.3) is 0 Å². The zero-order chi connectivity index (χ0) is 15.0. The van der Waals surface area contributed by atoms with Crippen molar-refractivity contribution in [2.24, 2.45) is 11.7 Å². The molecule has 0 aliphatic heterocycles. The van der Waals surface area contributed by atoms with Crippen molar-refractivity contribution in [1.82, 2.24) is 0 Å². The van der Waals surface area contributed by atoms with Gasteiger partial charge in [0, 0.05) is 6.04 Å². The Kier molecular flexibility index (Phi) is 7.37. The lowest BCUT2D eigenvalue weighted by Gasteiger charge is -2.26. The zero-order valence-corrected chi connectivity index (χ0v) is 12.3. The highest BCUT2D eigenvalue weighted by atomic mass is 31.1. The maximum absolute atomic E-state index is 11.3. The van der Waals surface area contributed by atoms with E-state index in [1.165, 1.54) is 0 Å². The summed E-state index contributed by atoms with van der Waals surface area (Å²) in [4.78, 5) is 11.3. The first kappa shape index (κ1) is 16.8. The van der Waals surface area contributed by atoms with E-state index in [9.17, 15) is 14.5 Å². The average Bonchev–Trinajstić information content (AvgIpc) is 2.47. The molecule has 1 aromatic carbocycles. The minimum atomic E-state index is -0.960. The van der Waals surface area contributed by atoms with Crippen LogP contribution in [0.5, 0.6) is 0 Å². The van der Waals surface area contributed by atoms with E-state index in [0.29, 0.717) is 6.42 Å². The number of benzene rings is 1. The molecule has 0 amide bonds. The molecule has 0 fully saturated rings. The highest BCUT2D eigenvalue weighted by Gasteiger charge is 2.27. The minimum Gasteiger partial charge on any atom is -0.481 e. The van der Waals surface area contributed by atoms with Gasteiger partial charge in [0.25, 0.3) is 0 Å². The largest absolute Gasteiger partial charge is 0.481 e. The molecule has 1 rings (SSSR count). The Balaban J connectivity index is 2.88. The van der Waals surface area contributed by atoms with Crippen LogP contribution in [-0.4, -0.2) is 23.7 Å². The van der Waals surface area contributed by atoms with E-state index in [0.717, 1.165) is 12.0 Å². The Morgan fingerprint density at radius 3 is 2.55 bits per heavy atom. The molecule has 0 bridgehead atoms. The van der Waals surface area contributed by atoms with Crippen LogP contribution < -0.4 is 5.73 Å². The van der Waals surface area contributed by atoms with Gasteiger partial charge in [0.05, 0.1) is 12.5 Å². The highest BCUT2D eigenvalue weighted by Crippen LogP contribution is 2.28. The second-order valence-electron chi connectivity index (χ2n) is 4.73. The third-order valence-corrected chi connectivity index (χ3v) is 3.69. The number of aliphatic carboxylic acids is 1. The van der Waals surface area contributed by atoms with E-state index in [1.54, 1.807) is 0 Å². The van der Waals surface area contributed by atoms with Gasteiger partial charge in [-0.25, -0.2) is 4.57 Å². The molecule has 0 saturated heterocycles. The van der Waals surface area contributed by atoms with Crippen molar-refractivity contribution in [2.45, 2.75) is 31.7 Å². The summed E-state index contributed by atoms with van der Waals surface area (Å²) in [7, 11) is -0.502. The maximum Gasteiger partial charge on any atom is 0.327 e. The van der Waals surface area contributed by atoms with Gasteiger partial charge in [-0.15, -0.1) is 0 Å². The predicted octanol–water partition coefficient (Wildman–Crippen LogP) is 2.82. The van der Waals surface area contributed by atoms with Gasteiger partial charge < -0.3 is 10.8 Å². The topological polar surface area (TPSA) is 89.6 Å². The molecule has 5 nitrogen and oxygen atoms in total. The van der Waals surface area contributed by atoms with E-state index in [1.807, 2.05) is 37.3 Å². The summed E-state index contributed by atoms with van der Waals surface area (Å²) in [6, 6.07) is 9.51. The number of hydrogen-bond donors (Lipinski definition) is 2. The second kappa shape index (κ2) is 8.80. The number of hydrogen-bond acceptors (Lipinski definition) is 4. The fraction of sp³-hybridized carbons (Fsp3) is 0.500. The molecule has 0 radical (unpaired) electrons. The number of carboxylic acids is 1. The summed E-state index contributed by atoms with van der Waals surface area (Å²) in [5, 5.41) is 9.22. The summed E-state index contributed by atoms with van der Waals surface area (Å²) < 4.78 is 15.0. The fourth-order valence-electron chi connectivity index (χ4n) is 2.21. The van der Waals surface area contributed by atoms with Crippen LogP contribution in [-0.2, 0) is 13.9 Å². The number of carbonyl (C=O) groups is 1. The van der Waals surface area contributed by atoms with Crippen LogP contribution in [0.2, 0.25) is 0 Å². The molecule has 3 atom stereocenters. The predicted molar refractivity (Wildman–Crippen MR) is 76.8 cm³/mol. The lowest BCUT2D eigenvalue weighted by Crippen LogP contribution is -2.32. The zero-order valence-electron chi connectivity index (χ0n) is 11.4. The SMILES string of the molecule is CCC(N)C(CC(COP=O)C(=O)O)c1ccccc1. The molecule has 110 valence electrons. The summed E-state index contributed by atoms with van der Waals surface area (Å²) in [5.41, 5.74) is 7.15. The molecule has 20 heavy (non-hydrogen) atoms. The molecule has 1 aromatic rings. The van der Waals surface area contributed by atoms with Crippen LogP contribution in [0.15, 0.2) is 30.3 Å². The van der Waals surface area contributed by atoms with Gasteiger partial charge in [-0.2, -0.15) is 0 Å². The Bertz CT molecular complexity index is 426. The molecule has 0 aliphatic carbocycles. The average molecular weight is 297 g/mol. The first-order chi connectivity index (χ1) is 9.60. The highest BCUT2D eigenvalue weighted by molar-refractivity contribution is 7.17. The van der Waals surface area contributed by atoms with Crippen LogP contribution in [0.1, 0.15) is 31.2 Å². The molecule has 3 N–H and O–H groups in total. The molecule has 0 heterocycles. The third kappa shape index (κ3) is 5.00. The molecule has 6 heteroatoms. The standard InChI is InChI=1S/C14H20NO4P/c1-2-13(15)12(10-6-4-3-5-7-10)8-11(14(16)17)9-19-20-18/h3-7,11-13H,2,8-9,15H2,1H3,(H,16,17). The van der Waals surface area contributed by atoms with Crippen molar-refractivity contribution in [1.29, 1.82) is 0 Å². The Labute approximate surface area is 120 Å². The molecule has 3 unspecified atom stereocenters. The van der Waals surface area contributed by atoms with E-state index < -0.39 is 20.6 Å². The van der Waals surface area contributed by atoms with Crippen molar-refractivity contribution >= 4 is 14.7 Å². The van der Waals surface area contributed by atoms with Crippen molar-refractivity contribution in [3.05, 3.63) is 35.9 Å². The van der Waals surface area contributed by atoms with E-state index in [2.05, 4.69) is 0 Å². The Morgan fingerprint density at radius 1 is 1.40 bits per heavy atom. The summed E-state index contributed by atoms with van der Waals surface area (Å²) in [5.74, 6) is -1.74. The molecule has 0 aromatic heterocycles. The normalized spacial score (nSPS) is 15.7. The molecule has 0 spiro atoms. The van der Waals surface area contributed by atoms with Gasteiger partial charge in [-0.3, -0.25) is 9.32 Å². The van der Waals surface area contributed by atoms with Crippen molar-refractivity contribution in [3.63, 3.8) is 0 Å². The summed E-state index contributed by atoms with van der Waals surface area (Å²) >= 11 is 0. The Hall–Kier alpha value is -1.29. The maximum atomic E-state index is 11.3. The van der Waals surface area contributed by atoms with Gasteiger partial charge in [-0.1, -0.05) is 37.3 Å². The Morgan fingerprint density at radius 2 is 2.05 bits per heavy atom. The van der Waals surface area contributed by atoms with Crippen LogP contribution in [0, 0.1) is 5.92 Å². The van der Waals surface area contributed by atoms with Crippen LogP contribution >= 0.6 is 8.69 Å². The second-order valence-corrected chi connectivity index (χ2v) is 5.14. The van der Waals surface area contributed by atoms with E-state index in [4.69, 9.17) is 10.3 Å². The van der Waals surface area contributed by atoms with E-state index in [-0.39, 0.29) is 18.6 Å². The number of nitrogens with two attached hydrogens (primary N) is 1. The van der Waals surface area contributed by atoms with Gasteiger partial charge in [0.1, 0.15) is 0 Å². The monoisotopic (exact) mass is 297 g/mol. The summed E-state index contributed by atoms with van der Waals surface area (Å²) in [6.45, 7) is 1.89. The summed E-state index contributed by atoms with van der Waals surface area (Å²) in [6.07, 6.45) is 1.12. The van der Waals surface area contributed by atoms with Gasteiger partial charge >= 0.3 is 14.7 Å². The van der Waals surface area contributed by atoms with Crippen LogP contribution in [0.4, 0.5) is 0 Å². The molecule has 0 aliphatic rings. The number of rotatable bonds is 9. The van der Waals surface area contributed by atoms with Crippen molar-refractivity contribution < 1.29 is 19.0 Å². The fourth-order valence-corrected chi connectivity index (χ4v) is 2.45. The lowest BCUT2D eigenvalue weighted by atomic mass is 9.83. The smallest absolute Gasteiger partial charge is 0.327 e. The minimum absolute atomic E-state index is 0.0609. The third-order valence-electron chi connectivity index (χ3n) is 3.43. The number of carboxylic acid groups (broad SMARTS) is 1. The van der Waals surface area contributed by atoms with E-state index >= 15 is 0 Å². The first-order valence-electron chi connectivity index (χ1n) is 6.58. The molecule has 0 saturated carbocycles. The van der Waals surface area contributed by atoms with Crippen molar-refractivity contribution in [2.75, 3.05) is 6.61 Å². The lowest BCUT2D eigenvalue weighted by molar-refractivity contribution is -0.143. The van der Waals surface area contributed by atoms with Gasteiger partial charge in [-0.05, 0) is 24.3 Å².